The molecule has 2 aromatic carbocycles. The van der Waals surface area contributed by atoms with E-state index in [1.807, 2.05) is 18.2 Å². The molecule has 0 spiro atoms. The van der Waals surface area contributed by atoms with Gasteiger partial charge < -0.3 is 15.0 Å². The highest BCUT2D eigenvalue weighted by atomic mass is 32.2. The fourth-order valence-electron chi connectivity index (χ4n) is 3.41. The molecule has 0 aliphatic rings. The Bertz CT molecular complexity index is 977. The smallest absolute Gasteiger partial charge is 0.404 e. The molecule has 0 aliphatic heterocycles. The van der Waals surface area contributed by atoms with Crippen LogP contribution in [0.4, 0.5) is 4.79 Å². The van der Waals surface area contributed by atoms with Crippen molar-refractivity contribution in [2.75, 3.05) is 0 Å². The molecular formula is C23H27N3O2S. The summed E-state index contributed by atoms with van der Waals surface area (Å²) >= 11 is 1.65. The molecule has 0 atom stereocenters. The molecule has 6 heteroatoms. The molecule has 0 unspecified atom stereocenters. The van der Waals surface area contributed by atoms with Gasteiger partial charge in [-0.2, -0.15) is 0 Å². The van der Waals surface area contributed by atoms with E-state index in [1.165, 1.54) is 11.1 Å². The van der Waals surface area contributed by atoms with Gasteiger partial charge in [-0.25, -0.2) is 9.78 Å². The van der Waals surface area contributed by atoms with Crippen LogP contribution in [0.15, 0.2) is 58.5 Å². The first-order valence-electron chi connectivity index (χ1n) is 9.65. The minimum Gasteiger partial charge on any atom is -0.442 e. The molecule has 3 aromatic rings. The second-order valence-electron chi connectivity index (χ2n) is 7.48. The third kappa shape index (κ3) is 5.41. The summed E-state index contributed by atoms with van der Waals surface area (Å²) in [6.07, 6.45) is -0.797. The summed E-state index contributed by atoms with van der Waals surface area (Å²) in [4.78, 5) is 17.2. The zero-order valence-corrected chi connectivity index (χ0v) is 18.1. The number of ether oxygens (including phenoxy) is 1. The predicted octanol–water partition coefficient (Wildman–Crippen LogP) is 5.42. The fraction of sp³-hybridized carbons (Fsp3) is 0.304. The van der Waals surface area contributed by atoms with Crippen LogP contribution in [0.2, 0.25) is 0 Å². The van der Waals surface area contributed by atoms with Gasteiger partial charge in [0.2, 0.25) is 0 Å². The zero-order valence-electron chi connectivity index (χ0n) is 17.3. The van der Waals surface area contributed by atoms with E-state index in [0.717, 1.165) is 21.2 Å². The van der Waals surface area contributed by atoms with Gasteiger partial charge in [0, 0.05) is 11.4 Å². The van der Waals surface area contributed by atoms with Gasteiger partial charge in [-0.15, -0.1) is 0 Å². The number of benzene rings is 2. The van der Waals surface area contributed by atoms with Crippen molar-refractivity contribution >= 4 is 17.9 Å². The van der Waals surface area contributed by atoms with Crippen molar-refractivity contribution in [1.82, 2.24) is 9.55 Å². The Morgan fingerprint density at radius 2 is 1.79 bits per heavy atom. The Kier molecular flexibility index (Phi) is 6.64. The van der Waals surface area contributed by atoms with Crippen molar-refractivity contribution in [2.45, 2.75) is 56.7 Å². The Morgan fingerprint density at radius 1 is 1.14 bits per heavy atom. The molecule has 1 aromatic heterocycles. The highest BCUT2D eigenvalue weighted by Crippen LogP contribution is 2.35. The molecule has 0 aliphatic carbocycles. The van der Waals surface area contributed by atoms with Crippen LogP contribution < -0.4 is 5.73 Å². The van der Waals surface area contributed by atoms with E-state index in [4.69, 9.17) is 15.5 Å². The highest BCUT2D eigenvalue weighted by molar-refractivity contribution is 7.99. The molecule has 29 heavy (non-hydrogen) atoms. The number of aromatic nitrogens is 2. The molecule has 1 heterocycles. The first kappa shape index (κ1) is 21.0. The van der Waals surface area contributed by atoms with E-state index in [1.54, 1.807) is 11.8 Å². The lowest BCUT2D eigenvalue weighted by Gasteiger charge is -2.15. The number of carbonyl (C=O) groups excluding carboxylic acids is 1. The fourth-order valence-corrected chi connectivity index (χ4v) is 4.73. The van der Waals surface area contributed by atoms with Crippen LogP contribution in [0.1, 0.15) is 48.0 Å². The second kappa shape index (κ2) is 9.18. The second-order valence-corrected chi connectivity index (χ2v) is 8.54. The topological polar surface area (TPSA) is 70.1 Å². The molecule has 2 N–H and O–H groups in total. The van der Waals surface area contributed by atoms with Gasteiger partial charge in [0.1, 0.15) is 10.9 Å². The summed E-state index contributed by atoms with van der Waals surface area (Å²) in [7, 11) is 0. The lowest BCUT2D eigenvalue weighted by atomic mass is 10.1. The van der Waals surface area contributed by atoms with E-state index >= 15 is 0 Å². The lowest BCUT2D eigenvalue weighted by molar-refractivity contribution is 0.146. The standard InChI is InChI=1S/C23H27N3O2S/c1-15(2)21-22(29-19-11-16(3)10-17(4)12-19)25-20(14-28-23(24)27)26(21)13-18-8-6-5-7-9-18/h5-12,15H,13-14H2,1-4H3,(H2,24,27). The molecule has 0 radical (unpaired) electrons. The molecule has 152 valence electrons. The molecular weight excluding hydrogens is 382 g/mol. The number of primary amides is 1. The number of rotatable bonds is 7. The first-order valence-corrected chi connectivity index (χ1v) is 10.5. The Hall–Kier alpha value is -2.73. The number of imidazole rings is 1. The van der Waals surface area contributed by atoms with Gasteiger partial charge in [-0.3, -0.25) is 0 Å². The van der Waals surface area contributed by atoms with Crippen LogP contribution >= 0.6 is 11.8 Å². The van der Waals surface area contributed by atoms with E-state index < -0.39 is 6.09 Å². The van der Waals surface area contributed by atoms with Crippen LogP contribution in [0.3, 0.4) is 0 Å². The summed E-state index contributed by atoms with van der Waals surface area (Å²) in [5.74, 6) is 0.949. The quantitative estimate of drug-likeness (QED) is 0.566. The monoisotopic (exact) mass is 409 g/mol. The average Bonchev–Trinajstić information content (AvgIpc) is 2.97. The summed E-state index contributed by atoms with van der Waals surface area (Å²) in [6, 6.07) is 16.7. The van der Waals surface area contributed by atoms with Crippen molar-refractivity contribution in [3.63, 3.8) is 0 Å². The molecule has 0 bridgehead atoms. The largest absolute Gasteiger partial charge is 0.442 e. The number of aryl methyl sites for hydroxylation is 2. The summed E-state index contributed by atoms with van der Waals surface area (Å²) in [5, 5.41) is 0.934. The van der Waals surface area contributed by atoms with Gasteiger partial charge in [-0.05, 0) is 48.6 Å². The Balaban J connectivity index is 2.04. The molecule has 5 nitrogen and oxygen atoms in total. The zero-order chi connectivity index (χ0) is 21.0. The van der Waals surface area contributed by atoms with Crippen LogP contribution in [-0.2, 0) is 17.9 Å². The number of nitrogens with zero attached hydrogens (tertiary/aromatic N) is 2. The molecule has 3 rings (SSSR count). The van der Waals surface area contributed by atoms with Gasteiger partial charge in [0.25, 0.3) is 0 Å². The summed E-state index contributed by atoms with van der Waals surface area (Å²) in [5.41, 5.74) is 9.93. The third-order valence-electron chi connectivity index (χ3n) is 4.54. The van der Waals surface area contributed by atoms with Crippen LogP contribution in [0, 0.1) is 13.8 Å². The van der Waals surface area contributed by atoms with Crippen LogP contribution in [0.25, 0.3) is 0 Å². The summed E-state index contributed by atoms with van der Waals surface area (Å²) < 4.78 is 7.24. The molecule has 0 saturated heterocycles. The number of hydrogen-bond donors (Lipinski definition) is 1. The Labute approximate surface area is 176 Å². The molecule has 1 amide bonds. The van der Waals surface area contributed by atoms with Gasteiger partial charge >= 0.3 is 6.09 Å². The van der Waals surface area contributed by atoms with E-state index in [-0.39, 0.29) is 12.5 Å². The third-order valence-corrected chi connectivity index (χ3v) is 5.50. The van der Waals surface area contributed by atoms with Crippen molar-refractivity contribution in [2.24, 2.45) is 5.73 Å². The lowest BCUT2D eigenvalue weighted by Crippen LogP contribution is -2.16. The molecule has 0 fully saturated rings. The SMILES string of the molecule is Cc1cc(C)cc(Sc2nc(COC(N)=O)n(Cc3ccccc3)c2C(C)C)c1. The van der Waals surface area contributed by atoms with E-state index in [9.17, 15) is 4.79 Å². The number of carbonyl (C=O) groups is 1. The van der Waals surface area contributed by atoms with Crippen LogP contribution in [-0.4, -0.2) is 15.6 Å². The van der Waals surface area contributed by atoms with Gasteiger partial charge in [0.05, 0.1) is 5.69 Å². The minimum atomic E-state index is -0.797. The van der Waals surface area contributed by atoms with Crippen molar-refractivity contribution in [3.05, 3.63) is 76.7 Å². The predicted molar refractivity (Wildman–Crippen MR) is 116 cm³/mol. The van der Waals surface area contributed by atoms with E-state index in [0.29, 0.717) is 12.4 Å². The van der Waals surface area contributed by atoms with Crippen molar-refractivity contribution < 1.29 is 9.53 Å². The minimum absolute atomic E-state index is 0.0509. The number of amides is 1. The molecule has 0 saturated carbocycles. The highest BCUT2D eigenvalue weighted by Gasteiger charge is 2.21. The maximum atomic E-state index is 11.2. The van der Waals surface area contributed by atoms with E-state index in [2.05, 4.69) is 62.6 Å². The number of nitrogens with two attached hydrogens (primary N) is 1. The van der Waals surface area contributed by atoms with Crippen molar-refractivity contribution in [1.29, 1.82) is 0 Å². The maximum absolute atomic E-state index is 11.2. The summed E-state index contributed by atoms with van der Waals surface area (Å²) in [6.45, 7) is 9.22. The van der Waals surface area contributed by atoms with Gasteiger partial charge in [-0.1, -0.05) is 62.0 Å². The number of hydrogen-bond acceptors (Lipinski definition) is 4. The van der Waals surface area contributed by atoms with Crippen molar-refractivity contribution in [3.8, 4) is 0 Å². The Morgan fingerprint density at radius 3 is 2.38 bits per heavy atom. The van der Waals surface area contributed by atoms with Crippen LogP contribution in [0.5, 0.6) is 0 Å². The average molecular weight is 410 g/mol. The first-order chi connectivity index (χ1) is 13.8. The normalized spacial score (nSPS) is 11.1. The van der Waals surface area contributed by atoms with Gasteiger partial charge in [0.15, 0.2) is 6.61 Å². The maximum Gasteiger partial charge on any atom is 0.404 e.